The third kappa shape index (κ3) is 8.04. The van der Waals surface area contributed by atoms with Crippen molar-refractivity contribution in [2.24, 2.45) is 0 Å². The second-order valence-electron chi connectivity index (χ2n) is 4.26. The highest BCUT2D eigenvalue weighted by Crippen LogP contribution is 2.16. The van der Waals surface area contributed by atoms with Crippen LogP contribution >= 0.6 is 0 Å². The summed E-state index contributed by atoms with van der Waals surface area (Å²) in [5.41, 5.74) is 0. The number of nitrogens with one attached hydrogen (secondary N) is 2. The Balaban J connectivity index is 2.03. The van der Waals surface area contributed by atoms with E-state index in [4.69, 9.17) is 14.2 Å². The molecule has 1 aromatic rings. The number of carbonyl (C=O) groups is 1. The summed E-state index contributed by atoms with van der Waals surface area (Å²) in [6.07, 6.45) is 0.809. The van der Waals surface area contributed by atoms with Crippen LogP contribution in [-0.4, -0.2) is 46.1 Å². The summed E-state index contributed by atoms with van der Waals surface area (Å²) in [7, 11) is 1.62. The molecule has 21 heavy (non-hydrogen) atoms. The van der Waals surface area contributed by atoms with E-state index in [-0.39, 0.29) is 6.03 Å². The third-order valence-corrected chi connectivity index (χ3v) is 2.67. The molecule has 0 radical (unpaired) electrons. The maximum Gasteiger partial charge on any atom is 0.314 e. The molecule has 2 amide bonds. The van der Waals surface area contributed by atoms with E-state index in [9.17, 15) is 4.79 Å². The van der Waals surface area contributed by atoms with Crippen molar-refractivity contribution in [3.63, 3.8) is 0 Å². The van der Waals surface area contributed by atoms with E-state index in [1.165, 1.54) is 0 Å². The monoisotopic (exact) mass is 296 g/mol. The Bertz CT molecular complexity index is 395. The largest absolute Gasteiger partial charge is 0.497 e. The Morgan fingerprint density at radius 1 is 1.05 bits per heavy atom. The highest BCUT2D eigenvalue weighted by Gasteiger charge is 1.99. The quantitative estimate of drug-likeness (QED) is 0.646. The first-order valence-corrected chi connectivity index (χ1v) is 7.12. The van der Waals surface area contributed by atoms with Gasteiger partial charge in [0.1, 0.15) is 18.1 Å². The van der Waals surface area contributed by atoms with Crippen LogP contribution in [0.5, 0.6) is 11.5 Å². The van der Waals surface area contributed by atoms with Gasteiger partial charge in [0, 0.05) is 19.8 Å². The molecule has 0 atom stereocenters. The zero-order valence-electron chi connectivity index (χ0n) is 12.7. The lowest BCUT2D eigenvalue weighted by molar-refractivity contribution is 0.145. The second kappa shape index (κ2) is 10.8. The summed E-state index contributed by atoms with van der Waals surface area (Å²) in [4.78, 5) is 11.4. The molecular weight excluding hydrogens is 272 g/mol. The molecule has 0 saturated heterocycles. The molecule has 118 valence electrons. The van der Waals surface area contributed by atoms with Crippen LogP contribution in [0.25, 0.3) is 0 Å². The van der Waals surface area contributed by atoms with Crippen molar-refractivity contribution in [1.29, 1.82) is 0 Å². The zero-order valence-corrected chi connectivity index (χ0v) is 12.7. The van der Waals surface area contributed by atoms with E-state index in [0.29, 0.717) is 32.9 Å². The lowest BCUT2D eigenvalue weighted by Gasteiger charge is -2.09. The SMILES string of the molecule is CCOCCCNC(=O)NCCOc1ccc(OC)cc1. The number of carbonyl (C=O) groups excluding carboxylic acids is 1. The summed E-state index contributed by atoms with van der Waals surface area (Å²) in [5, 5.41) is 5.48. The van der Waals surface area contributed by atoms with Crippen LogP contribution in [0.1, 0.15) is 13.3 Å². The maximum atomic E-state index is 11.4. The van der Waals surface area contributed by atoms with Crippen LogP contribution in [0.4, 0.5) is 4.79 Å². The van der Waals surface area contributed by atoms with E-state index < -0.39 is 0 Å². The lowest BCUT2D eigenvalue weighted by atomic mass is 10.3. The minimum atomic E-state index is -0.190. The Hall–Kier alpha value is -1.95. The van der Waals surface area contributed by atoms with Crippen LogP contribution in [0.3, 0.4) is 0 Å². The fourth-order valence-corrected chi connectivity index (χ4v) is 1.59. The van der Waals surface area contributed by atoms with Gasteiger partial charge in [-0.25, -0.2) is 4.79 Å². The molecule has 0 saturated carbocycles. The van der Waals surface area contributed by atoms with Crippen LogP contribution in [0, 0.1) is 0 Å². The predicted octanol–water partition coefficient (Wildman–Crippen LogP) is 1.80. The topological polar surface area (TPSA) is 68.8 Å². The molecule has 1 aromatic carbocycles. The molecule has 0 spiro atoms. The average Bonchev–Trinajstić information content (AvgIpc) is 2.52. The molecule has 0 fully saturated rings. The second-order valence-corrected chi connectivity index (χ2v) is 4.26. The molecule has 0 heterocycles. The molecule has 6 heteroatoms. The van der Waals surface area contributed by atoms with Gasteiger partial charge in [0.15, 0.2) is 0 Å². The molecule has 6 nitrogen and oxygen atoms in total. The third-order valence-electron chi connectivity index (χ3n) is 2.67. The van der Waals surface area contributed by atoms with Gasteiger partial charge in [-0.2, -0.15) is 0 Å². The number of hydrogen-bond donors (Lipinski definition) is 2. The fraction of sp³-hybridized carbons (Fsp3) is 0.533. The van der Waals surface area contributed by atoms with Gasteiger partial charge in [-0.1, -0.05) is 0 Å². The molecule has 0 unspecified atom stereocenters. The standard InChI is InChI=1S/C15H24N2O4/c1-3-20-11-4-9-16-15(18)17-10-12-21-14-7-5-13(19-2)6-8-14/h5-8H,3-4,9-12H2,1-2H3,(H2,16,17,18). The molecule has 1 rings (SSSR count). The van der Waals surface area contributed by atoms with Crippen LogP contribution < -0.4 is 20.1 Å². The molecule has 0 aliphatic heterocycles. The minimum Gasteiger partial charge on any atom is -0.497 e. The number of urea groups is 1. The highest BCUT2D eigenvalue weighted by molar-refractivity contribution is 5.73. The first kappa shape index (κ1) is 17.1. The average molecular weight is 296 g/mol. The summed E-state index contributed by atoms with van der Waals surface area (Å²) in [6.45, 7) is 4.78. The van der Waals surface area contributed by atoms with E-state index >= 15 is 0 Å². The smallest absolute Gasteiger partial charge is 0.314 e. The number of hydrogen-bond acceptors (Lipinski definition) is 4. The van der Waals surface area contributed by atoms with Crippen molar-refractivity contribution in [2.45, 2.75) is 13.3 Å². The first-order chi connectivity index (χ1) is 10.3. The lowest BCUT2D eigenvalue weighted by Crippen LogP contribution is -2.38. The van der Waals surface area contributed by atoms with Crippen LogP contribution in [0.2, 0.25) is 0 Å². The summed E-state index contributed by atoms with van der Waals surface area (Å²) in [6, 6.07) is 7.12. The van der Waals surface area contributed by atoms with Gasteiger partial charge < -0.3 is 24.8 Å². The van der Waals surface area contributed by atoms with E-state index in [2.05, 4.69) is 10.6 Å². The van der Waals surface area contributed by atoms with Gasteiger partial charge in [0.25, 0.3) is 0 Å². The van der Waals surface area contributed by atoms with Crippen molar-refractivity contribution in [3.05, 3.63) is 24.3 Å². The minimum absolute atomic E-state index is 0.190. The van der Waals surface area contributed by atoms with Crippen molar-refractivity contribution < 1.29 is 19.0 Å². The summed E-state index contributed by atoms with van der Waals surface area (Å²) < 4.78 is 15.7. The van der Waals surface area contributed by atoms with Gasteiger partial charge in [0.05, 0.1) is 13.7 Å². The normalized spacial score (nSPS) is 10.0. The van der Waals surface area contributed by atoms with Gasteiger partial charge in [-0.05, 0) is 37.6 Å². The molecule has 0 aliphatic rings. The van der Waals surface area contributed by atoms with Crippen LogP contribution in [0.15, 0.2) is 24.3 Å². The Morgan fingerprint density at radius 2 is 1.71 bits per heavy atom. The molecular formula is C15H24N2O4. The number of methoxy groups -OCH3 is 1. The molecule has 0 aromatic heterocycles. The van der Waals surface area contributed by atoms with Crippen molar-refractivity contribution in [1.82, 2.24) is 10.6 Å². The van der Waals surface area contributed by atoms with Crippen molar-refractivity contribution >= 4 is 6.03 Å². The molecule has 0 bridgehead atoms. The number of ether oxygens (including phenoxy) is 3. The highest BCUT2D eigenvalue weighted by atomic mass is 16.5. The van der Waals surface area contributed by atoms with Crippen molar-refractivity contribution in [3.8, 4) is 11.5 Å². The van der Waals surface area contributed by atoms with Gasteiger partial charge in [-0.15, -0.1) is 0 Å². The van der Waals surface area contributed by atoms with E-state index in [1.807, 2.05) is 31.2 Å². The zero-order chi connectivity index (χ0) is 15.3. The van der Waals surface area contributed by atoms with Gasteiger partial charge in [0.2, 0.25) is 0 Å². The predicted molar refractivity (Wildman–Crippen MR) is 81.0 cm³/mol. The Kier molecular flexibility index (Phi) is 8.79. The van der Waals surface area contributed by atoms with Crippen molar-refractivity contribution in [2.75, 3.05) is 40.0 Å². The Labute approximate surface area is 125 Å². The Morgan fingerprint density at radius 3 is 2.38 bits per heavy atom. The van der Waals surface area contributed by atoms with E-state index in [1.54, 1.807) is 7.11 Å². The summed E-state index contributed by atoms with van der Waals surface area (Å²) in [5.74, 6) is 1.53. The molecule has 0 aliphatic carbocycles. The summed E-state index contributed by atoms with van der Waals surface area (Å²) >= 11 is 0. The number of benzene rings is 1. The maximum absolute atomic E-state index is 11.4. The fourth-order valence-electron chi connectivity index (χ4n) is 1.59. The molecule has 2 N–H and O–H groups in total. The van der Waals surface area contributed by atoms with Gasteiger partial charge >= 0.3 is 6.03 Å². The van der Waals surface area contributed by atoms with Crippen LogP contribution in [-0.2, 0) is 4.74 Å². The number of rotatable bonds is 10. The van der Waals surface area contributed by atoms with Gasteiger partial charge in [-0.3, -0.25) is 0 Å². The van der Waals surface area contributed by atoms with E-state index in [0.717, 1.165) is 17.9 Å². The first-order valence-electron chi connectivity index (χ1n) is 7.12. The number of amides is 2.